The summed E-state index contributed by atoms with van der Waals surface area (Å²) in [5.41, 5.74) is 2.28. The number of para-hydroxylation sites is 2. The molecule has 2 amide bonds. The van der Waals surface area contributed by atoms with E-state index in [1.54, 1.807) is 78.9 Å². The Morgan fingerprint density at radius 2 is 1.44 bits per heavy atom. The number of thiocarbonyl (C=S) groups is 1. The molecular formula is C32H24FIN2O4S. The number of hydrogen-bond donors (Lipinski definition) is 0. The largest absolute Gasteiger partial charge is 0.490 e. The Morgan fingerprint density at radius 1 is 0.829 bits per heavy atom. The van der Waals surface area contributed by atoms with Crippen LogP contribution in [0.4, 0.5) is 15.8 Å². The summed E-state index contributed by atoms with van der Waals surface area (Å²) in [4.78, 5) is 30.3. The predicted molar refractivity (Wildman–Crippen MR) is 169 cm³/mol. The highest BCUT2D eigenvalue weighted by molar-refractivity contribution is 14.1. The number of ether oxygens (including phenoxy) is 2. The van der Waals surface area contributed by atoms with Gasteiger partial charge in [-0.3, -0.25) is 19.4 Å². The third-order valence-electron chi connectivity index (χ3n) is 6.19. The molecule has 0 spiro atoms. The van der Waals surface area contributed by atoms with Gasteiger partial charge in [0.2, 0.25) is 0 Å². The summed E-state index contributed by atoms with van der Waals surface area (Å²) in [6.07, 6.45) is 1.54. The van der Waals surface area contributed by atoms with Crippen LogP contribution in [0.1, 0.15) is 18.1 Å². The van der Waals surface area contributed by atoms with Crippen LogP contribution in [0.2, 0.25) is 0 Å². The molecule has 0 N–H and O–H groups in total. The second-order valence-electron chi connectivity index (χ2n) is 8.97. The number of carbonyl (C=O) groups is 2. The van der Waals surface area contributed by atoms with Gasteiger partial charge in [-0.05, 0) is 107 Å². The standard InChI is InChI=1S/C32H24FIN2O4S/c1-2-39-28-19-22(18-27(34)29(28)40-20-21-10-9-11-23(33)16-21)17-26-30(37)35(24-12-5-3-6-13-24)32(41)36(31(26)38)25-14-7-4-8-15-25/h3-19H,2,20H2,1H3. The summed E-state index contributed by atoms with van der Waals surface area (Å²) in [5, 5.41) is 0.0697. The van der Waals surface area contributed by atoms with Gasteiger partial charge in [-0.2, -0.15) is 0 Å². The molecule has 4 aromatic rings. The second kappa shape index (κ2) is 12.6. The summed E-state index contributed by atoms with van der Waals surface area (Å²) >= 11 is 7.79. The van der Waals surface area contributed by atoms with Gasteiger partial charge in [0.05, 0.1) is 21.6 Å². The molecule has 0 bridgehead atoms. The van der Waals surface area contributed by atoms with Gasteiger partial charge in [0.1, 0.15) is 18.0 Å². The molecule has 5 rings (SSSR count). The van der Waals surface area contributed by atoms with E-state index in [9.17, 15) is 14.0 Å². The predicted octanol–water partition coefficient (Wildman–Crippen LogP) is 7.16. The van der Waals surface area contributed by atoms with Crippen LogP contribution >= 0.6 is 34.8 Å². The highest BCUT2D eigenvalue weighted by atomic mass is 127. The lowest BCUT2D eigenvalue weighted by Gasteiger charge is -2.36. The van der Waals surface area contributed by atoms with Crippen molar-refractivity contribution in [3.63, 3.8) is 0 Å². The van der Waals surface area contributed by atoms with Gasteiger partial charge in [0, 0.05) is 0 Å². The fourth-order valence-electron chi connectivity index (χ4n) is 4.36. The van der Waals surface area contributed by atoms with Gasteiger partial charge in [0.25, 0.3) is 11.8 Å². The summed E-state index contributed by atoms with van der Waals surface area (Å²) in [6.45, 7) is 2.35. The first kappa shape index (κ1) is 28.4. The molecule has 206 valence electrons. The summed E-state index contributed by atoms with van der Waals surface area (Å²) < 4.78 is 26.2. The minimum absolute atomic E-state index is 0.0574. The van der Waals surface area contributed by atoms with E-state index in [4.69, 9.17) is 21.7 Å². The lowest BCUT2D eigenvalue weighted by molar-refractivity contribution is -0.120. The van der Waals surface area contributed by atoms with E-state index in [0.717, 1.165) is 0 Å². The van der Waals surface area contributed by atoms with Crippen molar-refractivity contribution >= 4 is 69.2 Å². The van der Waals surface area contributed by atoms with Crippen molar-refractivity contribution in [2.75, 3.05) is 16.4 Å². The number of amides is 2. The van der Waals surface area contributed by atoms with Crippen molar-refractivity contribution in [1.29, 1.82) is 0 Å². The highest BCUT2D eigenvalue weighted by Crippen LogP contribution is 2.37. The monoisotopic (exact) mass is 678 g/mol. The molecular weight excluding hydrogens is 654 g/mol. The molecule has 0 unspecified atom stereocenters. The maximum atomic E-state index is 13.8. The first-order chi connectivity index (χ1) is 19.9. The SMILES string of the molecule is CCOc1cc(C=C2C(=O)N(c3ccccc3)C(=S)N(c3ccccc3)C2=O)cc(I)c1OCc1cccc(F)c1. The first-order valence-electron chi connectivity index (χ1n) is 12.8. The average Bonchev–Trinajstić information content (AvgIpc) is 2.96. The molecule has 1 aliphatic rings. The van der Waals surface area contributed by atoms with Gasteiger partial charge in [-0.1, -0.05) is 48.5 Å². The quantitative estimate of drug-likeness (QED) is 0.0858. The van der Waals surface area contributed by atoms with Crippen LogP contribution in [0.5, 0.6) is 11.5 Å². The normalized spacial score (nSPS) is 13.4. The highest BCUT2D eigenvalue weighted by Gasteiger charge is 2.41. The molecule has 6 nitrogen and oxygen atoms in total. The number of rotatable bonds is 8. The van der Waals surface area contributed by atoms with Crippen LogP contribution in [0.15, 0.2) is 103 Å². The number of anilines is 2. The number of carbonyl (C=O) groups excluding carboxylic acids is 2. The maximum Gasteiger partial charge on any atom is 0.270 e. The number of halogens is 2. The summed E-state index contributed by atoms with van der Waals surface area (Å²) in [6, 6.07) is 27.6. The summed E-state index contributed by atoms with van der Waals surface area (Å²) in [7, 11) is 0. The van der Waals surface area contributed by atoms with Crippen molar-refractivity contribution < 1.29 is 23.5 Å². The van der Waals surface area contributed by atoms with E-state index in [0.29, 0.717) is 44.2 Å². The fourth-order valence-corrected chi connectivity index (χ4v) is 5.52. The Bertz CT molecular complexity index is 1580. The van der Waals surface area contributed by atoms with Gasteiger partial charge >= 0.3 is 0 Å². The first-order valence-corrected chi connectivity index (χ1v) is 14.2. The van der Waals surface area contributed by atoms with Crippen molar-refractivity contribution in [3.8, 4) is 11.5 Å². The van der Waals surface area contributed by atoms with Crippen LogP contribution in [0, 0.1) is 9.39 Å². The second-order valence-corrected chi connectivity index (χ2v) is 10.5. The molecule has 0 atom stereocenters. The molecule has 1 saturated heterocycles. The smallest absolute Gasteiger partial charge is 0.270 e. The molecule has 4 aromatic carbocycles. The zero-order valence-electron chi connectivity index (χ0n) is 21.9. The molecule has 0 aromatic heterocycles. The molecule has 0 aliphatic carbocycles. The van der Waals surface area contributed by atoms with E-state index < -0.39 is 11.8 Å². The average molecular weight is 679 g/mol. The van der Waals surface area contributed by atoms with E-state index in [2.05, 4.69) is 22.6 Å². The van der Waals surface area contributed by atoms with Crippen LogP contribution < -0.4 is 19.3 Å². The Hall–Kier alpha value is -4.09. The van der Waals surface area contributed by atoms with Gasteiger partial charge < -0.3 is 9.47 Å². The lowest BCUT2D eigenvalue weighted by atomic mass is 10.0. The molecule has 0 saturated carbocycles. The van der Waals surface area contributed by atoms with Gasteiger partial charge in [-0.25, -0.2) is 4.39 Å². The third-order valence-corrected chi connectivity index (χ3v) is 7.36. The minimum atomic E-state index is -0.530. The Balaban J connectivity index is 1.55. The number of benzene rings is 4. The molecule has 1 aliphatic heterocycles. The molecule has 41 heavy (non-hydrogen) atoms. The van der Waals surface area contributed by atoms with Crippen LogP contribution in [-0.4, -0.2) is 23.5 Å². The van der Waals surface area contributed by atoms with Gasteiger partial charge in [0.15, 0.2) is 16.6 Å². The topological polar surface area (TPSA) is 59.1 Å². The number of hydrogen-bond acceptors (Lipinski definition) is 5. The van der Waals surface area contributed by atoms with Crippen molar-refractivity contribution in [2.24, 2.45) is 0 Å². The van der Waals surface area contributed by atoms with Crippen molar-refractivity contribution in [2.45, 2.75) is 13.5 Å². The van der Waals surface area contributed by atoms with Crippen LogP contribution in [-0.2, 0) is 16.2 Å². The Morgan fingerprint density at radius 3 is 2.00 bits per heavy atom. The fraction of sp³-hybridized carbons (Fsp3) is 0.0938. The molecule has 0 radical (unpaired) electrons. The zero-order valence-corrected chi connectivity index (χ0v) is 24.9. The van der Waals surface area contributed by atoms with E-state index in [1.807, 2.05) is 19.1 Å². The van der Waals surface area contributed by atoms with Gasteiger partial charge in [-0.15, -0.1) is 0 Å². The van der Waals surface area contributed by atoms with Crippen LogP contribution in [0.3, 0.4) is 0 Å². The zero-order chi connectivity index (χ0) is 28.9. The van der Waals surface area contributed by atoms with Crippen molar-refractivity contribution in [1.82, 2.24) is 0 Å². The molecule has 9 heteroatoms. The Kier molecular flexibility index (Phi) is 8.75. The van der Waals surface area contributed by atoms with Crippen LogP contribution in [0.25, 0.3) is 6.08 Å². The van der Waals surface area contributed by atoms with Crippen molar-refractivity contribution in [3.05, 3.63) is 123 Å². The van der Waals surface area contributed by atoms with E-state index >= 15 is 0 Å². The maximum absolute atomic E-state index is 13.8. The summed E-state index contributed by atoms with van der Waals surface area (Å²) in [5.74, 6) is -0.481. The van der Waals surface area contributed by atoms with E-state index in [1.165, 1.54) is 21.9 Å². The minimum Gasteiger partial charge on any atom is -0.490 e. The Labute approximate surface area is 256 Å². The van der Waals surface area contributed by atoms with E-state index in [-0.39, 0.29) is 23.1 Å². The number of nitrogens with zero attached hydrogens (tertiary/aromatic N) is 2. The third kappa shape index (κ3) is 6.15. The lowest BCUT2D eigenvalue weighted by Crippen LogP contribution is -2.56. The molecule has 1 fully saturated rings. The molecule has 1 heterocycles.